The van der Waals surface area contributed by atoms with Crippen molar-refractivity contribution in [3.63, 3.8) is 0 Å². The molecule has 8 N–H and O–H groups in total. The first-order valence-corrected chi connectivity index (χ1v) is 26.2. The van der Waals surface area contributed by atoms with Crippen LogP contribution in [0.4, 0.5) is 0 Å². The SMILES string of the molecule is CCCCC/C=C\C/C=C\C/C=C\CCCCC(=O)OC[C@H](COP(=O)(O)O[C@H]1C(O)C(O)C(O)[C@@H](OP(=O)(O)O)C1O)OC(=O)CCC/C=C\C/C=C\C/C=C\C/C=C\CC(O)CCC. The van der Waals surface area contributed by atoms with Crippen molar-refractivity contribution in [2.45, 2.75) is 185 Å². The Hall–Kier alpha value is -2.86. The number of hydrogen-bond donors (Lipinski definition) is 8. The van der Waals surface area contributed by atoms with E-state index in [9.17, 15) is 49.1 Å². The van der Waals surface area contributed by atoms with E-state index in [-0.39, 0.29) is 18.9 Å². The maximum atomic E-state index is 13.0. The van der Waals surface area contributed by atoms with Crippen LogP contribution < -0.4 is 0 Å². The topological polar surface area (TPSA) is 276 Å². The number of esters is 2. The summed E-state index contributed by atoms with van der Waals surface area (Å²) in [5.74, 6) is -1.35. The van der Waals surface area contributed by atoms with Crippen LogP contribution in [0.15, 0.2) is 85.1 Å². The second kappa shape index (κ2) is 37.1. The van der Waals surface area contributed by atoms with E-state index in [2.05, 4.69) is 54.0 Å². The van der Waals surface area contributed by atoms with E-state index in [4.69, 9.17) is 28.3 Å². The van der Waals surface area contributed by atoms with Crippen LogP contribution >= 0.6 is 15.6 Å². The van der Waals surface area contributed by atoms with Gasteiger partial charge in [-0.05, 0) is 89.9 Å². The van der Waals surface area contributed by atoms with Crippen molar-refractivity contribution in [3.05, 3.63) is 85.1 Å². The van der Waals surface area contributed by atoms with Gasteiger partial charge in [0.15, 0.2) is 6.10 Å². The van der Waals surface area contributed by atoms with Crippen LogP contribution in [-0.4, -0.2) is 114 Å². The number of aliphatic hydroxyl groups is 5. The van der Waals surface area contributed by atoms with Crippen molar-refractivity contribution in [1.29, 1.82) is 0 Å². The first kappa shape index (κ1) is 61.2. The summed E-state index contributed by atoms with van der Waals surface area (Å²) in [6.45, 7) is 2.78. The molecule has 17 nitrogen and oxygen atoms in total. The Kier molecular flexibility index (Phi) is 34.4. The zero-order valence-corrected chi connectivity index (χ0v) is 40.5. The van der Waals surface area contributed by atoms with Crippen LogP contribution in [0.25, 0.3) is 0 Å². The van der Waals surface area contributed by atoms with Gasteiger partial charge in [0.25, 0.3) is 0 Å². The number of aliphatic hydroxyl groups excluding tert-OH is 5. The number of ether oxygens (including phenoxy) is 2. The summed E-state index contributed by atoms with van der Waals surface area (Å²) in [5.41, 5.74) is 0. The highest BCUT2D eigenvalue weighted by molar-refractivity contribution is 7.47. The quantitative estimate of drug-likeness (QED) is 0.0129. The highest BCUT2D eigenvalue weighted by atomic mass is 31.2. The number of rotatable bonds is 37. The van der Waals surface area contributed by atoms with E-state index in [1.165, 1.54) is 19.3 Å². The number of phosphoric acid groups is 2. The monoisotopic (exact) mass is 976 g/mol. The molecule has 1 aliphatic carbocycles. The lowest BCUT2D eigenvalue weighted by Crippen LogP contribution is -2.64. The Balaban J connectivity index is 2.69. The minimum absolute atomic E-state index is 0.0481. The minimum atomic E-state index is -5.38. The van der Waals surface area contributed by atoms with E-state index in [0.29, 0.717) is 38.5 Å². The molecule has 0 aliphatic heterocycles. The third kappa shape index (κ3) is 31.2. The van der Waals surface area contributed by atoms with Crippen LogP contribution in [0.1, 0.15) is 136 Å². The maximum Gasteiger partial charge on any atom is 0.472 e. The normalized spacial score (nSPS) is 22.8. The van der Waals surface area contributed by atoms with Crippen molar-refractivity contribution in [1.82, 2.24) is 0 Å². The van der Waals surface area contributed by atoms with Gasteiger partial charge in [-0.15, -0.1) is 0 Å². The van der Waals surface area contributed by atoms with Gasteiger partial charge in [-0.3, -0.25) is 23.2 Å². The van der Waals surface area contributed by atoms with Crippen molar-refractivity contribution in [2.75, 3.05) is 13.2 Å². The molecule has 66 heavy (non-hydrogen) atoms. The Morgan fingerprint density at radius 2 is 1.02 bits per heavy atom. The number of hydrogen-bond acceptors (Lipinski definition) is 14. The van der Waals surface area contributed by atoms with E-state index < -0.39 is 83.5 Å². The van der Waals surface area contributed by atoms with E-state index >= 15 is 0 Å². The molecule has 1 fully saturated rings. The van der Waals surface area contributed by atoms with Gasteiger partial charge in [0.05, 0.1) is 12.7 Å². The molecule has 6 unspecified atom stereocenters. The molecular formula is C47H78O17P2. The van der Waals surface area contributed by atoms with Gasteiger partial charge in [0.2, 0.25) is 0 Å². The summed E-state index contributed by atoms with van der Waals surface area (Å²) >= 11 is 0. The van der Waals surface area contributed by atoms with Crippen LogP contribution in [0, 0.1) is 0 Å². The Morgan fingerprint density at radius 1 is 0.545 bits per heavy atom. The van der Waals surface area contributed by atoms with Crippen molar-refractivity contribution >= 4 is 27.6 Å². The van der Waals surface area contributed by atoms with Crippen molar-refractivity contribution in [3.8, 4) is 0 Å². The zero-order valence-electron chi connectivity index (χ0n) is 38.7. The molecule has 0 aromatic carbocycles. The van der Waals surface area contributed by atoms with Crippen LogP contribution in [0.3, 0.4) is 0 Å². The molecule has 0 radical (unpaired) electrons. The first-order chi connectivity index (χ1) is 31.5. The van der Waals surface area contributed by atoms with Gasteiger partial charge >= 0.3 is 27.6 Å². The van der Waals surface area contributed by atoms with Gasteiger partial charge < -0.3 is 49.7 Å². The predicted octanol–water partition coefficient (Wildman–Crippen LogP) is 7.58. The molecule has 0 heterocycles. The average molecular weight is 977 g/mol. The number of carbonyl (C=O) groups excluding carboxylic acids is 2. The largest absolute Gasteiger partial charge is 0.472 e. The van der Waals surface area contributed by atoms with Crippen LogP contribution in [0.2, 0.25) is 0 Å². The fraction of sp³-hybridized carbons (Fsp3) is 0.660. The summed E-state index contributed by atoms with van der Waals surface area (Å²) in [6.07, 6.45) is 27.6. The molecule has 9 atom stereocenters. The third-order valence-corrected chi connectivity index (χ3v) is 11.5. The average Bonchev–Trinajstić information content (AvgIpc) is 3.26. The summed E-state index contributed by atoms with van der Waals surface area (Å²) < 4.78 is 49.2. The second-order valence-electron chi connectivity index (χ2n) is 15.9. The highest BCUT2D eigenvalue weighted by Crippen LogP contribution is 2.49. The van der Waals surface area contributed by atoms with Crippen LogP contribution in [0.5, 0.6) is 0 Å². The van der Waals surface area contributed by atoms with E-state index in [0.717, 1.165) is 51.4 Å². The Bertz CT molecular complexity index is 1620. The summed E-state index contributed by atoms with van der Waals surface area (Å²) in [7, 11) is -10.7. The molecule has 19 heteroatoms. The fourth-order valence-corrected chi connectivity index (χ4v) is 7.93. The summed E-state index contributed by atoms with van der Waals surface area (Å²) in [6, 6.07) is 0. The minimum Gasteiger partial charge on any atom is -0.462 e. The lowest BCUT2D eigenvalue weighted by atomic mass is 9.85. The molecule has 1 rings (SSSR count). The number of unbranched alkanes of at least 4 members (excludes halogenated alkanes) is 6. The molecule has 1 aliphatic rings. The molecule has 0 aromatic heterocycles. The second-order valence-corrected chi connectivity index (χ2v) is 18.5. The fourth-order valence-electron chi connectivity index (χ4n) is 6.39. The highest BCUT2D eigenvalue weighted by Gasteiger charge is 2.54. The zero-order chi connectivity index (χ0) is 49.1. The molecule has 0 spiro atoms. The Morgan fingerprint density at radius 3 is 1.53 bits per heavy atom. The van der Waals surface area contributed by atoms with E-state index in [1.54, 1.807) is 0 Å². The molecule has 0 aromatic rings. The van der Waals surface area contributed by atoms with Gasteiger partial charge in [-0.1, -0.05) is 118 Å². The standard InChI is InChI=1S/C47H78O17P2/c1-3-5-6-7-8-9-10-11-12-15-18-21-24-27-30-34-40(49)60-36-39(37-61-66(58,59)64-47-44(53)42(51)43(52)46(45(47)54)63-65(55,56)57)62-41(50)35-31-28-25-22-19-16-13-14-17-20-23-26-29-33-38(48)32-4-2/h8-9,11-13,16-18,20-22,25-26,29,38-39,42-48,51-54H,3-7,10,14-15,19,23-24,27-28,30-37H2,1-2H3,(H,58,59)(H2,55,56,57)/b9-8-,12-11-,16-13-,20-17-,21-18-,25-22-,29-26-/t38?,39-,42?,43?,44?,45?,46-,47+/m1/s1. The molecular weight excluding hydrogens is 898 g/mol. The molecule has 0 saturated heterocycles. The number of phosphoric ester groups is 2. The number of carbonyl (C=O) groups is 2. The van der Waals surface area contributed by atoms with Gasteiger partial charge in [-0.25, -0.2) is 9.13 Å². The summed E-state index contributed by atoms with van der Waals surface area (Å²) in [4.78, 5) is 54.2. The smallest absolute Gasteiger partial charge is 0.462 e. The molecule has 0 bridgehead atoms. The lowest BCUT2D eigenvalue weighted by molar-refractivity contribution is -0.216. The van der Waals surface area contributed by atoms with Crippen LogP contribution in [-0.2, 0) is 41.8 Å². The van der Waals surface area contributed by atoms with Gasteiger partial charge in [-0.2, -0.15) is 0 Å². The molecule has 0 amide bonds. The number of allylic oxidation sites excluding steroid dienone is 13. The third-order valence-electron chi connectivity index (χ3n) is 10.00. The van der Waals surface area contributed by atoms with Gasteiger partial charge in [0, 0.05) is 12.8 Å². The van der Waals surface area contributed by atoms with Crippen molar-refractivity contribution < 1.29 is 82.0 Å². The summed E-state index contributed by atoms with van der Waals surface area (Å²) in [5, 5.41) is 50.9. The lowest BCUT2D eigenvalue weighted by Gasteiger charge is -2.43. The first-order valence-electron chi connectivity index (χ1n) is 23.2. The van der Waals surface area contributed by atoms with Crippen molar-refractivity contribution in [2.24, 2.45) is 0 Å². The van der Waals surface area contributed by atoms with E-state index in [1.807, 2.05) is 49.5 Å². The maximum absolute atomic E-state index is 13.0. The molecule has 378 valence electrons. The molecule has 1 saturated carbocycles. The van der Waals surface area contributed by atoms with Gasteiger partial charge in [0.1, 0.15) is 43.2 Å². The Labute approximate surface area is 391 Å². The predicted molar refractivity (Wildman–Crippen MR) is 251 cm³/mol.